The normalized spacial score (nSPS) is 11.2. The topological polar surface area (TPSA) is 26.0 Å². The quantitative estimate of drug-likeness (QED) is 0.421. The van der Waals surface area contributed by atoms with Gasteiger partial charge in [0.1, 0.15) is 0 Å². The molecule has 16 heavy (non-hydrogen) atoms. The molecule has 0 spiro atoms. The molecule has 0 unspecified atom stereocenters. The Balaban J connectivity index is 0. The smallest absolute Gasteiger partial charge is 0.0794 e. The van der Waals surface area contributed by atoms with E-state index < -0.39 is 0 Å². The second kappa shape index (κ2) is 11.7. The lowest BCUT2D eigenvalue weighted by molar-refractivity contribution is -0.890. The Morgan fingerprint density at radius 3 is 1.88 bits per heavy atom. The average molecular weight is 251 g/mol. The number of hydrogen-bond acceptors (Lipinski definition) is 1. The first-order chi connectivity index (χ1) is 7.12. The van der Waals surface area contributed by atoms with Crippen LogP contribution in [0.3, 0.4) is 0 Å². The summed E-state index contributed by atoms with van der Waals surface area (Å²) in [5.41, 5.74) is 5.54. The minimum Gasteiger partial charge on any atom is -1.00 e. The zero-order valence-corrected chi connectivity index (χ0v) is 12.2. The highest BCUT2D eigenvalue weighted by Crippen LogP contribution is 2.08. The first kappa shape index (κ1) is 18.6. The van der Waals surface area contributed by atoms with Crippen molar-refractivity contribution in [2.45, 2.75) is 51.9 Å². The van der Waals surface area contributed by atoms with Gasteiger partial charge in [-0.05, 0) is 19.4 Å². The molecular weight excluding hydrogens is 220 g/mol. The minimum absolute atomic E-state index is 0. The van der Waals surface area contributed by atoms with Crippen LogP contribution in [0.1, 0.15) is 51.9 Å². The molecule has 0 saturated carbocycles. The van der Waals surface area contributed by atoms with Crippen molar-refractivity contribution in [2.75, 3.05) is 33.7 Å². The van der Waals surface area contributed by atoms with E-state index in [1.807, 2.05) is 0 Å². The molecule has 100 valence electrons. The molecule has 0 fully saturated rings. The Labute approximate surface area is 109 Å². The summed E-state index contributed by atoms with van der Waals surface area (Å²) in [6, 6.07) is 0. The second-order valence-corrected chi connectivity index (χ2v) is 5.29. The summed E-state index contributed by atoms with van der Waals surface area (Å²) in [5.74, 6) is 0. The van der Waals surface area contributed by atoms with Crippen LogP contribution in [0.5, 0.6) is 0 Å². The standard InChI is InChI=1S/C13H31N2.ClH/c1-4-5-6-7-8-9-12-15(2,3)13-10-11-14;/h4-14H2,1-3H3;1H/q+1;/p-1. The second-order valence-electron chi connectivity index (χ2n) is 5.29. The number of rotatable bonds is 10. The predicted molar refractivity (Wildman–Crippen MR) is 68.9 cm³/mol. The van der Waals surface area contributed by atoms with E-state index in [1.54, 1.807) is 0 Å². The molecule has 0 atom stereocenters. The molecule has 0 radical (unpaired) electrons. The van der Waals surface area contributed by atoms with Gasteiger partial charge in [-0.15, -0.1) is 0 Å². The van der Waals surface area contributed by atoms with Crippen molar-refractivity contribution >= 4 is 0 Å². The van der Waals surface area contributed by atoms with Gasteiger partial charge in [-0.25, -0.2) is 0 Å². The molecule has 0 saturated heterocycles. The van der Waals surface area contributed by atoms with Crippen molar-refractivity contribution in [2.24, 2.45) is 5.73 Å². The summed E-state index contributed by atoms with van der Waals surface area (Å²) in [6.45, 7) is 5.64. The van der Waals surface area contributed by atoms with Gasteiger partial charge in [0.15, 0.2) is 0 Å². The fourth-order valence-corrected chi connectivity index (χ4v) is 1.95. The third-order valence-corrected chi connectivity index (χ3v) is 3.08. The molecule has 2 nitrogen and oxygen atoms in total. The summed E-state index contributed by atoms with van der Waals surface area (Å²) < 4.78 is 1.14. The van der Waals surface area contributed by atoms with E-state index in [9.17, 15) is 0 Å². The van der Waals surface area contributed by atoms with Crippen LogP contribution in [0.2, 0.25) is 0 Å². The van der Waals surface area contributed by atoms with Crippen molar-refractivity contribution in [3.05, 3.63) is 0 Å². The largest absolute Gasteiger partial charge is 1.00 e. The molecule has 0 aromatic heterocycles. The lowest BCUT2D eigenvalue weighted by atomic mass is 10.1. The average Bonchev–Trinajstić information content (AvgIpc) is 2.20. The van der Waals surface area contributed by atoms with Crippen LogP contribution in [0, 0.1) is 0 Å². The molecule has 0 aliphatic rings. The molecule has 0 heterocycles. The van der Waals surface area contributed by atoms with Crippen LogP contribution < -0.4 is 18.1 Å². The lowest BCUT2D eigenvalue weighted by Crippen LogP contribution is -3.00. The summed E-state index contributed by atoms with van der Waals surface area (Å²) in [6.07, 6.45) is 9.54. The number of nitrogens with zero attached hydrogens (tertiary/aromatic N) is 1. The number of unbranched alkanes of at least 4 members (excludes halogenated alkanes) is 5. The van der Waals surface area contributed by atoms with Crippen molar-refractivity contribution in [1.82, 2.24) is 0 Å². The zero-order chi connectivity index (χ0) is 11.6. The molecule has 3 heteroatoms. The Morgan fingerprint density at radius 2 is 1.31 bits per heavy atom. The van der Waals surface area contributed by atoms with Gasteiger partial charge >= 0.3 is 0 Å². The van der Waals surface area contributed by atoms with Gasteiger partial charge in [0.05, 0.1) is 27.2 Å². The highest BCUT2D eigenvalue weighted by Gasteiger charge is 2.12. The minimum atomic E-state index is 0. The number of hydrogen-bond donors (Lipinski definition) is 1. The summed E-state index contributed by atoms with van der Waals surface area (Å²) in [5, 5.41) is 0. The van der Waals surface area contributed by atoms with Crippen molar-refractivity contribution in [3.63, 3.8) is 0 Å². The first-order valence-corrected chi connectivity index (χ1v) is 6.64. The van der Waals surface area contributed by atoms with E-state index >= 15 is 0 Å². The van der Waals surface area contributed by atoms with Gasteiger partial charge in [0.25, 0.3) is 0 Å². The molecule has 0 aliphatic carbocycles. The fraction of sp³-hybridized carbons (Fsp3) is 1.00. The third kappa shape index (κ3) is 12.3. The van der Waals surface area contributed by atoms with E-state index in [0.29, 0.717) is 0 Å². The molecular formula is C13H31ClN2. The zero-order valence-electron chi connectivity index (χ0n) is 11.5. The highest BCUT2D eigenvalue weighted by atomic mass is 35.5. The Kier molecular flexibility index (Phi) is 13.6. The number of halogens is 1. The molecule has 2 N–H and O–H groups in total. The van der Waals surface area contributed by atoms with Crippen molar-refractivity contribution in [1.29, 1.82) is 0 Å². The van der Waals surface area contributed by atoms with Crippen LogP contribution in [-0.4, -0.2) is 38.2 Å². The third-order valence-electron chi connectivity index (χ3n) is 3.08. The van der Waals surface area contributed by atoms with E-state index in [0.717, 1.165) is 17.4 Å². The van der Waals surface area contributed by atoms with Crippen LogP contribution in [-0.2, 0) is 0 Å². The Hall–Kier alpha value is 0.210. The molecule has 0 bridgehead atoms. The lowest BCUT2D eigenvalue weighted by Gasteiger charge is -2.29. The molecule has 0 aromatic rings. The summed E-state index contributed by atoms with van der Waals surface area (Å²) in [7, 11) is 4.64. The maximum absolute atomic E-state index is 5.54. The maximum Gasteiger partial charge on any atom is 0.0794 e. The van der Waals surface area contributed by atoms with Gasteiger partial charge in [0.2, 0.25) is 0 Å². The van der Waals surface area contributed by atoms with E-state index in [2.05, 4.69) is 21.0 Å². The predicted octanol–water partition coefficient (Wildman–Crippen LogP) is -0.224. The summed E-state index contributed by atoms with van der Waals surface area (Å²) >= 11 is 0. The van der Waals surface area contributed by atoms with E-state index in [1.165, 1.54) is 51.6 Å². The first-order valence-electron chi connectivity index (χ1n) is 6.64. The SMILES string of the molecule is CCCCCCCC[N+](C)(C)CCCN.[Cl-]. The van der Waals surface area contributed by atoms with E-state index in [-0.39, 0.29) is 12.4 Å². The maximum atomic E-state index is 5.54. The van der Waals surface area contributed by atoms with Gasteiger partial charge in [0, 0.05) is 6.42 Å². The number of quaternary nitrogens is 1. The molecule has 0 rings (SSSR count). The summed E-state index contributed by atoms with van der Waals surface area (Å²) in [4.78, 5) is 0. The van der Waals surface area contributed by atoms with E-state index in [4.69, 9.17) is 5.73 Å². The van der Waals surface area contributed by atoms with Crippen molar-refractivity contribution < 1.29 is 16.9 Å². The number of nitrogens with two attached hydrogens (primary N) is 1. The van der Waals surface area contributed by atoms with Crippen LogP contribution in [0.4, 0.5) is 0 Å². The molecule has 0 amide bonds. The van der Waals surface area contributed by atoms with Crippen LogP contribution >= 0.6 is 0 Å². The highest BCUT2D eigenvalue weighted by molar-refractivity contribution is 4.45. The monoisotopic (exact) mass is 250 g/mol. The van der Waals surface area contributed by atoms with Gasteiger partial charge in [-0.3, -0.25) is 0 Å². The van der Waals surface area contributed by atoms with Crippen LogP contribution in [0.25, 0.3) is 0 Å². The van der Waals surface area contributed by atoms with Crippen molar-refractivity contribution in [3.8, 4) is 0 Å². The Bertz CT molecular complexity index is 138. The van der Waals surface area contributed by atoms with Gasteiger partial charge in [-0.1, -0.05) is 32.6 Å². The van der Waals surface area contributed by atoms with Gasteiger partial charge in [-0.2, -0.15) is 0 Å². The molecule has 0 aromatic carbocycles. The Morgan fingerprint density at radius 1 is 0.812 bits per heavy atom. The fourth-order valence-electron chi connectivity index (χ4n) is 1.95. The van der Waals surface area contributed by atoms with Crippen LogP contribution in [0.15, 0.2) is 0 Å². The molecule has 0 aliphatic heterocycles. The van der Waals surface area contributed by atoms with Gasteiger partial charge < -0.3 is 22.6 Å².